The Hall–Kier alpha value is -2.85. The number of carbonyl (C=O) groups is 2. The van der Waals surface area contributed by atoms with Gasteiger partial charge in [-0.1, -0.05) is 17.8 Å². The average Bonchev–Trinajstić information content (AvgIpc) is 3.40. The fraction of sp³-hybridized carbons (Fsp3) is 0.125. The third-order valence-corrected chi connectivity index (χ3v) is 5.04. The Kier molecular flexibility index (Phi) is 4.59. The number of ether oxygens (including phenoxy) is 2. The van der Waals surface area contributed by atoms with Crippen LogP contribution in [0.5, 0.6) is 11.5 Å². The van der Waals surface area contributed by atoms with Crippen molar-refractivity contribution < 1.29 is 23.5 Å². The predicted molar refractivity (Wildman–Crippen MR) is 93.4 cm³/mol. The standard InChI is InChI=1S/C16H11N3O5S2/c20-13(17-14(21)12-2-1-5-25-12)7-26-16-19-18-15(24-16)9-3-4-10-11(6-9)23-8-22-10/h1-6H,7-8H2,(H,17,20,21). The quantitative estimate of drug-likeness (QED) is 0.664. The summed E-state index contributed by atoms with van der Waals surface area (Å²) in [6.07, 6.45) is 0. The zero-order valence-corrected chi connectivity index (χ0v) is 14.8. The minimum absolute atomic E-state index is 0.0140. The molecule has 0 radical (unpaired) electrons. The molecule has 4 rings (SSSR count). The van der Waals surface area contributed by atoms with Gasteiger partial charge in [0.25, 0.3) is 11.1 Å². The first-order chi connectivity index (χ1) is 12.7. The number of hydrogen-bond acceptors (Lipinski definition) is 9. The number of carbonyl (C=O) groups excluding carboxylic acids is 2. The predicted octanol–water partition coefficient (Wildman–Crippen LogP) is 2.58. The molecule has 3 heterocycles. The van der Waals surface area contributed by atoms with Gasteiger partial charge in [0.15, 0.2) is 11.5 Å². The SMILES string of the molecule is O=C(CSc1nnc(-c2ccc3c(c2)OCO3)o1)NC(=O)c1cccs1. The second-order valence-corrected chi connectivity index (χ2v) is 6.96. The van der Waals surface area contributed by atoms with E-state index in [9.17, 15) is 9.59 Å². The highest BCUT2D eigenvalue weighted by molar-refractivity contribution is 7.99. The van der Waals surface area contributed by atoms with Crippen molar-refractivity contribution >= 4 is 34.9 Å². The molecule has 0 atom stereocenters. The summed E-state index contributed by atoms with van der Waals surface area (Å²) in [5.74, 6) is 0.713. The third-order valence-electron chi connectivity index (χ3n) is 3.35. The van der Waals surface area contributed by atoms with Crippen molar-refractivity contribution in [2.45, 2.75) is 5.22 Å². The van der Waals surface area contributed by atoms with Crippen LogP contribution in [0.2, 0.25) is 0 Å². The molecule has 0 aliphatic carbocycles. The molecule has 0 fully saturated rings. The number of aromatic nitrogens is 2. The second-order valence-electron chi connectivity index (χ2n) is 5.08. The van der Waals surface area contributed by atoms with Crippen molar-refractivity contribution in [2.24, 2.45) is 0 Å². The highest BCUT2D eigenvalue weighted by atomic mass is 32.2. The van der Waals surface area contributed by atoms with E-state index < -0.39 is 11.8 Å². The summed E-state index contributed by atoms with van der Waals surface area (Å²) in [5, 5.41) is 12.2. The van der Waals surface area contributed by atoms with Crippen LogP contribution in [-0.4, -0.2) is 34.6 Å². The smallest absolute Gasteiger partial charge is 0.277 e. The molecule has 0 saturated carbocycles. The van der Waals surface area contributed by atoms with Crippen LogP contribution in [-0.2, 0) is 4.79 Å². The van der Waals surface area contributed by atoms with Crippen LogP contribution in [0.1, 0.15) is 9.67 Å². The van der Waals surface area contributed by atoms with Gasteiger partial charge in [-0.2, -0.15) is 0 Å². The summed E-state index contributed by atoms with van der Waals surface area (Å²) in [6.45, 7) is 0.184. The molecule has 1 aliphatic rings. The minimum atomic E-state index is -0.434. The van der Waals surface area contributed by atoms with Crippen LogP contribution in [0.4, 0.5) is 0 Å². The number of imide groups is 1. The van der Waals surface area contributed by atoms with Gasteiger partial charge in [-0.3, -0.25) is 14.9 Å². The van der Waals surface area contributed by atoms with Gasteiger partial charge >= 0.3 is 0 Å². The minimum Gasteiger partial charge on any atom is -0.454 e. The highest BCUT2D eigenvalue weighted by Crippen LogP contribution is 2.35. The average molecular weight is 389 g/mol. The normalized spacial score (nSPS) is 12.2. The lowest BCUT2D eigenvalue weighted by Crippen LogP contribution is -2.31. The van der Waals surface area contributed by atoms with Crippen LogP contribution in [0, 0.1) is 0 Å². The van der Waals surface area contributed by atoms with Crippen LogP contribution < -0.4 is 14.8 Å². The molecule has 0 saturated heterocycles. The maximum Gasteiger partial charge on any atom is 0.277 e. The first-order valence-electron chi connectivity index (χ1n) is 7.43. The van der Waals surface area contributed by atoms with Crippen LogP contribution in [0.25, 0.3) is 11.5 Å². The van der Waals surface area contributed by atoms with E-state index >= 15 is 0 Å². The Morgan fingerprint density at radius 1 is 1.19 bits per heavy atom. The molecule has 10 heteroatoms. The van der Waals surface area contributed by atoms with E-state index in [1.807, 2.05) is 0 Å². The molecular formula is C16H11N3O5S2. The van der Waals surface area contributed by atoms with Crippen LogP contribution in [0.3, 0.4) is 0 Å². The van der Waals surface area contributed by atoms with Gasteiger partial charge in [0.1, 0.15) is 0 Å². The number of nitrogens with zero attached hydrogens (tertiary/aromatic N) is 2. The Morgan fingerprint density at radius 2 is 2.08 bits per heavy atom. The maximum atomic E-state index is 11.9. The lowest BCUT2D eigenvalue weighted by Gasteiger charge is -2.00. The molecule has 132 valence electrons. The Labute approximate surface area is 155 Å². The first kappa shape index (κ1) is 16.6. The molecule has 1 N–H and O–H groups in total. The van der Waals surface area contributed by atoms with Crippen molar-refractivity contribution in [3.63, 3.8) is 0 Å². The van der Waals surface area contributed by atoms with Gasteiger partial charge in [0, 0.05) is 5.56 Å². The molecule has 8 nitrogen and oxygen atoms in total. The van der Waals surface area contributed by atoms with Crippen molar-refractivity contribution in [1.82, 2.24) is 15.5 Å². The van der Waals surface area contributed by atoms with Crippen LogP contribution >= 0.6 is 23.1 Å². The zero-order chi connectivity index (χ0) is 17.9. The molecule has 2 amide bonds. The number of amides is 2. The molecule has 1 aliphatic heterocycles. The number of thiophene rings is 1. The Balaban J connectivity index is 1.35. The summed E-state index contributed by atoms with van der Waals surface area (Å²) in [4.78, 5) is 24.1. The van der Waals surface area contributed by atoms with Crippen molar-refractivity contribution in [1.29, 1.82) is 0 Å². The molecular weight excluding hydrogens is 378 g/mol. The van der Waals surface area contributed by atoms with E-state index in [1.54, 1.807) is 35.7 Å². The van der Waals surface area contributed by atoms with E-state index in [4.69, 9.17) is 13.9 Å². The maximum absolute atomic E-state index is 11.9. The summed E-state index contributed by atoms with van der Waals surface area (Å²) in [5.41, 5.74) is 0.686. The van der Waals surface area contributed by atoms with Crippen LogP contribution in [0.15, 0.2) is 45.4 Å². The lowest BCUT2D eigenvalue weighted by atomic mass is 10.2. The summed E-state index contributed by atoms with van der Waals surface area (Å²) < 4.78 is 16.1. The van der Waals surface area contributed by atoms with Gasteiger partial charge in [0.2, 0.25) is 18.6 Å². The molecule has 3 aromatic rings. The van der Waals surface area contributed by atoms with E-state index in [2.05, 4.69) is 15.5 Å². The van der Waals surface area contributed by atoms with Gasteiger partial charge in [0.05, 0.1) is 10.6 Å². The van der Waals surface area contributed by atoms with Gasteiger partial charge < -0.3 is 13.9 Å². The molecule has 0 bridgehead atoms. The van der Waals surface area contributed by atoms with Gasteiger partial charge in [-0.05, 0) is 29.6 Å². The fourth-order valence-electron chi connectivity index (χ4n) is 2.17. The van der Waals surface area contributed by atoms with Crippen molar-refractivity contribution in [3.8, 4) is 23.0 Å². The second kappa shape index (κ2) is 7.18. The van der Waals surface area contributed by atoms with Crippen molar-refractivity contribution in [2.75, 3.05) is 12.5 Å². The van der Waals surface area contributed by atoms with E-state index in [-0.39, 0.29) is 17.8 Å². The van der Waals surface area contributed by atoms with Crippen molar-refractivity contribution in [3.05, 3.63) is 40.6 Å². The summed E-state index contributed by atoms with van der Waals surface area (Å²) in [6, 6.07) is 8.68. The molecule has 0 unspecified atom stereocenters. The number of hydrogen-bond donors (Lipinski definition) is 1. The molecule has 1 aromatic carbocycles. The van der Waals surface area contributed by atoms with E-state index in [0.717, 1.165) is 11.8 Å². The summed E-state index contributed by atoms with van der Waals surface area (Å²) in [7, 11) is 0. The third kappa shape index (κ3) is 3.55. The zero-order valence-electron chi connectivity index (χ0n) is 13.1. The number of thioether (sulfide) groups is 1. The number of fused-ring (bicyclic) bond motifs is 1. The van der Waals surface area contributed by atoms with E-state index in [1.165, 1.54) is 11.3 Å². The number of benzene rings is 1. The fourth-order valence-corrected chi connectivity index (χ4v) is 3.36. The highest BCUT2D eigenvalue weighted by Gasteiger charge is 2.18. The van der Waals surface area contributed by atoms with E-state index in [0.29, 0.717) is 27.8 Å². The molecule has 26 heavy (non-hydrogen) atoms. The topological polar surface area (TPSA) is 104 Å². The Morgan fingerprint density at radius 3 is 2.92 bits per heavy atom. The van der Waals surface area contributed by atoms with Gasteiger partial charge in [-0.15, -0.1) is 21.5 Å². The molecule has 0 spiro atoms. The lowest BCUT2D eigenvalue weighted by molar-refractivity contribution is -0.117. The van der Waals surface area contributed by atoms with Gasteiger partial charge in [-0.25, -0.2) is 0 Å². The molecule has 2 aromatic heterocycles. The monoisotopic (exact) mass is 389 g/mol. The largest absolute Gasteiger partial charge is 0.454 e. The number of nitrogens with one attached hydrogen (secondary N) is 1. The number of rotatable bonds is 5. The first-order valence-corrected chi connectivity index (χ1v) is 9.29. The Bertz CT molecular complexity index is 955. The summed E-state index contributed by atoms with van der Waals surface area (Å²) >= 11 is 2.32.